The minimum absolute atomic E-state index is 0.0322. The zero-order valence-electron chi connectivity index (χ0n) is 10.8. The number of halogens is 1. The van der Waals surface area contributed by atoms with Crippen molar-refractivity contribution in [2.75, 3.05) is 0 Å². The molecule has 0 aromatic heterocycles. The van der Waals surface area contributed by atoms with E-state index in [-0.39, 0.29) is 6.04 Å². The number of hydrogen-bond acceptors (Lipinski definition) is 1. The molecule has 0 radical (unpaired) electrons. The van der Waals surface area contributed by atoms with E-state index in [2.05, 4.69) is 32.0 Å². The average molecular weight is 260 g/mol. The Hall–Kier alpha value is -1.31. The molecule has 0 aliphatic heterocycles. The van der Waals surface area contributed by atoms with Crippen molar-refractivity contribution in [1.82, 2.24) is 0 Å². The molecule has 0 amide bonds. The first-order chi connectivity index (χ1) is 8.54. The van der Waals surface area contributed by atoms with Gasteiger partial charge in [0.25, 0.3) is 0 Å². The summed E-state index contributed by atoms with van der Waals surface area (Å²) in [5.74, 6) is 0. The first-order valence-corrected chi connectivity index (χ1v) is 6.50. The third-order valence-electron chi connectivity index (χ3n) is 3.04. The first-order valence-electron chi connectivity index (χ1n) is 6.13. The lowest BCUT2D eigenvalue weighted by Crippen LogP contribution is -2.13. The predicted molar refractivity (Wildman–Crippen MR) is 78.0 cm³/mol. The molecule has 2 aromatic carbocycles. The molecule has 2 aromatic rings. The van der Waals surface area contributed by atoms with Crippen molar-refractivity contribution in [2.24, 2.45) is 5.73 Å². The van der Waals surface area contributed by atoms with Crippen molar-refractivity contribution >= 4 is 11.6 Å². The topological polar surface area (TPSA) is 26.0 Å². The summed E-state index contributed by atoms with van der Waals surface area (Å²) < 4.78 is 0. The summed E-state index contributed by atoms with van der Waals surface area (Å²) in [5.41, 5.74) is 11.2. The number of aryl methyl sites for hydroxylation is 2. The van der Waals surface area contributed by atoms with E-state index in [4.69, 9.17) is 17.3 Å². The van der Waals surface area contributed by atoms with E-state index >= 15 is 0 Å². The molecule has 1 atom stereocenters. The summed E-state index contributed by atoms with van der Waals surface area (Å²) in [7, 11) is 0. The van der Waals surface area contributed by atoms with E-state index in [1.807, 2.05) is 24.3 Å². The van der Waals surface area contributed by atoms with Crippen LogP contribution >= 0.6 is 11.6 Å². The van der Waals surface area contributed by atoms with Crippen molar-refractivity contribution in [3.8, 4) is 0 Å². The Bertz CT molecular complexity index is 511. The van der Waals surface area contributed by atoms with Crippen LogP contribution in [0.1, 0.15) is 28.3 Å². The molecule has 1 unspecified atom stereocenters. The monoisotopic (exact) mass is 259 g/mol. The Balaban J connectivity index is 2.16. The number of nitrogens with two attached hydrogens (primary N) is 1. The van der Waals surface area contributed by atoms with Gasteiger partial charge in [0.2, 0.25) is 0 Å². The van der Waals surface area contributed by atoms with Gasteiger partial charge in [-0.1, -0.05) is 53.1 Å². The lowest BCUT2D eigenvalue weighted by Gasteiger charge is -2.14. The van der Waals surface area contributed by atoms with Gasteiger partial charge in [-0.05, 0) is 43.5 Å². The quantitative estimate of drug-likeness (QED) is 0.878. The smallest absolute Gasteiger partial charge is 0.0406 e. The van der Waals surface area contributed by atoms with E-state index in [0.717, 1.165) is 11.4 Å². The Morgan fingerprint density at radius 3 is 2.11 bits per heavy atom. The summed E-state index contributed by atoms with van der Waals surface area (Å²) in [5, 5.41) is 0.763. The summed E-state index contributed by atoms with van der Waals surface area (Å²) >= 11 is 5.88. The minimum Gasteiger partial charge on any atom is -0.324 e. The van der Waals surface area contributed by atoms with Crippen LogP contribution in [0.15, 0.2) is 42.5 Å². The molecule has 94 valence electrons. The van der Waals surface area contributed by atoms with E-state index in [9.17, 15) is 0 Å². The third kappa shape index (κ3) is 3.34. The van der Waals surface area contributed by atoms with Gasteiger partial charge in [-0.15, -0.1) is 0 Å². The minimum atomic E-state index is 0.0322. The van der Waals surface area contributed by atoms with Gasteiger partial charge in [0.1, 0.15) is 0 Å². The SMILES string of the molecule is Cc1cc(C)cc(C(N)Cc2ccc(Cl)cc2)c1. The maximum absolute atomic E-state index is 6.27. The fraction of sp³-hybridized carbons (Fsp3) is 0.250. The van der Waals surface area contributed by atoms with Gasteiger partial charge in [-0.2, -0.15) is 0 Å². The van der Waals surface area contributed by atoms with Gasteiger partial charge in [0, 0.05) is 11.1 Å². The molecule has 0 fully saturated rings. The summed E-state index contributed by atoms with van der Waals surface area (Å²) in [6.45, 7) is 4.21. The van der Waals surface area contributed by atoms with Crippen LogP contribution in [0, 0.1) is 13.8 Å². The Labute approximate surface area is 114 Å². The van der Waals surface area contributed by atoms with Crippen molar-refractivity contribution in [1.29, 1.82) is 0 Å². The second-order valence-electron chi connectivity index (χ2n) is 4.86. The zero-order chi connectivity index (χ0) is 13.1. The maximum Gasteiger partial charge on any atom is 0.0406 e. The highest BCUT2D eigenvalue weighted by Gasteiger charge is 2.08. The lowest BCUT2D eigenvalue weighted by molar-refractivity contribution is 0.720. The van der Waals surface area contributed by atoms with Gasteiger partial charge in [-0.3, -0.25) is 0 Å². The van der Waals surface area contributed by atoms with Crippen molar-refractivity contribution < 1.29 is 0 Å². The van der Waals surface area contributed by atoms with Crippen LogP contribution in [0.4, 0.5) is 0 Å². The van der Waals surface area contributed by atoms with Gasteiger partial charge in [0.15, 0.2) is 0 Å². The standard InChI is InChI=1S/C16H18ClN/c1-11-7-12(2)9-14(8-11)16(18)10-13-3-5-15(17)6-4-13/h3-9,16H,10,18H2,1-2H3. The largest absolute Gasteiger partial charge is 0.324 e. The molecule has 0 bridgehead atoms. The van der Waals surface area contributed by atoms with Gasteiger partial charge < -0.3 is 5.73 Å². The third-order valence-corrected chi connectivity index (χ3v) is 3.29. The average Bonchev–Trinajstić information content (AvgIpc) is 2.31. The fourth-order valence-electron chi connectivity index (χ4n) is 2.22. The number of hydrogen-bond donors (Lipinski definition) is 1. The van der Waals surface area contributed by atoms with Gasteiger partial charge >= 0.3 is 0 Å². The van der Waals surface area contributed by atoms with Crippen LogP contribution in [0.2, 0.25) is 5.02 Å². The zero-order valence-corrected chi connectivity index (χ0v) is 11.5. The van der Waals surface area contributed by atoms with Crippen molar-refractivity contribution in [2.45, 2.75) is 26.3 Å². The van der Waals surface area contributed by atoms with E-state index < -0.39 is 0 Å². The molecule has 0 spiro atoms. The summed E-state index contributed by atoms with van der Waals surface area (Å²) in [4.78, 5) is 0. The maximum atomic E-state index is 6.27. The van der Waals surface area contributed by atoms with E-state index in [1.165, 1.54) is 22.3 Å². The molecule has 2 heteroatoms. The van der Waals surface area contributed by atoms with Crippen LogP contribution in [-0.2, 0) is 6.42 Å². The van der Waals surface area contributed by atoms with Crippen molar-refractivity contribution in [3.05, 3.63) is 69.7 Å². The molecule has 1 nitrogen and oxygen atoms in total. The van der Waals surface area contributed by atoms with Crippen LogP contribution < -0.4 is 5.73 Å². The summed E-state index contributed by atoms with van der Waals surface area (Å²) in [6.07, 6.45) is 0.833. The van der Waals surface area contributed by atoms with E-state index in [1.54, 1.807) is 0 Å². The van der Waals surface area contributed by atoms with Crippen LogP contribution in [-0.4, -0.2) is 0 Å². The van der Waals surface area contributed by atoms with Crippen LogP contribution in [0.3, 0.4) is 0 Å². The molecule has 0 saturated carbocycles. The molecular formula is C16H18ClN. The molecule has 0 aliphatic rings. The van der Waals surface area contributed by atoms with E-state index in [0.29, 0.717) is 0 Å². The van der Waals surface area contributed by atoms with Crippen LogP contribution in [0.5, 0.6) is 0 Å². The molecule has 2 rings (SSSR count). The molecule has 0 aliphatic carbocycles. The lowest BCUT2D eigenvalue weighted by atomic mass is 9.97. The Morgan fingerprint density at radius 2 is 1.56 bits per heavy atom. The number of rotatable bonds is 3. The van der Waals surface area contributed by atoms with Crippen LogP contribution in [0.25, 0.3) is 0 Å². The highest BCUT2D eigenvalue weighted by atomic mass is 35.5. The molecule has 2 N–H and O–H groups in total. The number of benzene rings is 2. The molecule has 18 heavy (non-hydrogen) atoms. The highest BCUT2D eigenvalue weighted by molar-refractivity contribution is 6.30. The predicted octanol–water partition coefficient (Wildman–Crippen LogP) is 4.20. The Kier molecular flexibility index (Phi) is 4.05. The van der Waals surface area contributed by atoms with Gasteiger partial charge in [-0.25, -0.2) is 0 Å². The second kappa shape index (κ2) is 5.55. The van der Waals surface area contributed by atoms with Crippen molar-refractivity contribution in [3.63, 3.8) is 0 Å². The highest BCUT2D eigenvalue weighted by Crippen LogP contribution is 2.20. The molecule has 0 saturated heterocycles. The molecular weight excluding hydrogens is 242 g/mol. The van der Waals surface area contributed by atoms with Gasteiger partial charge in [0.05, 0.1) is 0 Å². The summed E-state index contributed by atoms with van der Waals surface area (Å²) in [6, 6.07) is 14.4. The molecule has 0 heterocycles. The first kappa shape index (κ1) is 13.1. The second-order valence-corrected chi connectivity index (χ2v) is 5.29. The Morgan fingerprint density at radius 1 is 1.00 bits per heavy atom. The normalized spacial score (nSPS) is 12.4. The fourth-order valence-corrected chi connectivity index (χ4v) is 2.34.